The van der Waals surface area contributed by atoms with E-state index in [0.717, 1.165) is 43.1 Å². The minimum atomic E-state index is -2.54. The molecule has 59 heavy (non-hydrogen) atoms. The van der Waals surface area contributed by atoms with Crippen LogP contribution in [0.4, 0.5) is 11.4 Å². The molecule has 12 nitrogen and oxygen atoms in total. The van der Waals surface area contributed by atoms with E-state index >= 15 is 0 Å². The summed E-state index contributed by atoms with van der Waals surface area (Å²) in [5.74, 6) is 0.105. The number of hydrogen-bond donors (Lipinski definition) is 2. The van der Waals surface area contributed by atoms with Crippen molar-refractivity contribution in [3.05, 3.63) is 166 Å². The fourth-order valence-corrected chi connectivity index (χ4v) is 7.63. The smallest absolute Gasteiger partial charge is 0.347 e. The van der Waals surface area contributed by atoms with Crippen LogP contribution in [0.1, 0.15) is 0 Å². The van der Waals surface area contributed by atoms with Gasteiger partial charge >= 0.3 is 11.3 Å². The topological polar surface area (TPSA) is 179 Å². The second-order valence-electron chi connectivity index (χ2n) is 13.2. The fraction of sp³-hybridized carbons (Fsp3) is 0. The Balaban J connectivity index is 0.000000161. The summed E-state index contributed by atoms with van der Waals surface area (Å²) in [5, 5.41) is 7.89. The first kappa shape index (κ1) is 39.5. The molecule has 10 aromatic rings. The van der Waals surface area contributed by atoms with Crippen molar-refractivity contribution in [3.8, 4) is 22.9 Å². The number of benzene rings is 8. The van der Waals surface area contributed by atoms with E-state index in [1.54, 1.807) is 36.4 Å². The molecule has 0 spiro atoms. The first-order valence-electron chi connectivity index (χ1n) is 17.6. The summed E-state index contributed by atoms with van der Waals surface area (Å²) >= 11 is 0. The molecule has 0 aliphatic carbocycles. The minimum Gasteiger partial charge on any atom is -0.419 e. The third kappa shape index (κ3) is 8.08. The van der Waals surface area contributed by atoms with Crippen LogP contribution in [0.3, 0.4) is 0 Å². The molecule has 287 valence electrons. The van der Waals surface area contributed by atoms with Gasteiger partial charge in [0.15, 0.2) is 0 Å². The van der Waals surface area contributed by atoms with Crippen LogP contribution in [0.15, 0.2) is 164 Å². The summed E-state index contributed by atoms with van der Waals surface area (Å²) in [4.78, 5) is 34.4. The summed E-state index contributed by atoms with van der Waals surface area (Å²) in [6.45, 7) is 0. The molecule has 15 heteroatoms. The van der Waals surface area contributed by atoms with Crippen molar-refractivity contribution in [2.24, 2.45) is 0 Å². The number of anilines is 2. The largest absolute Gasteiger partial charge is 0.419 e. The van der Waals surface area contributed by atoms with Crippen molar-refractivity contribution in [1.82, 2.24) is 9.97 Å². The first-order valence-corrected chi connectivity index (χ1v) is 19.8. The van der Waals surface area contributed by atoms with Crippen molar-refractivity contribution in [3.63, 3.8) is 0 Å². The van der Waals surface area contributed by atoms with E-state index < -0.39 is 33.0 Å². The average Bonchev–Trinajstić information content (AvgIpc) is 3.21. The molecule has 0 saturated carbocycles. The number of aromatic nitrogens is 2. The molecular formula is C44H26N4O8S2Y-2. The van der Waals surface area contributed by atoms with Gasteiger partial charge in [-0.2, -0.15) is 0 Å². The summed E-state index contributed by atoms with van der Waals surface area (Å²) < 4.78 is 60.9. The summed E-state index contributed by atoms with van der Waals surface area (Å²) in [6.07, 6.45) is 0. The molecule has 0 unspecified atom stereocenters. The molecule has 0 amide bonds. The SMILES string of the molecule is O=c1oc(-c2cc3ccccc3cc2N[S-](=O)=O)nc2cc3ccccc3cc12.O=c1oc(-c2cc3ccccc3cc2N[S-](=O)=O)nc2cc3ccccc3cc12.[Y]. The molecule has 2 aromatic heterocycles. The first-order chi connectivity index (χ1) is 28.2. The van der Waals surface area contributed by atoms with Crippen LogP contribution in [-0.4, -0.2) is 9.97 Å². The molecule has 0 bridgehead atoms. The molecule has 0 atom stereocenters. The van der Waals surface area contributed by atoms with E-state index in [4.69, 9.17) is 8.83 Å². The van der Waals surface area contributed by atoms with Gasteiger partial charge in [-0.15, -0.1) is 0 Å². The monoisotopic (exact) mass is 891 g/mol. The number of fused-ring (bicyclic) bond motifs is 6. The van der Waals surface area contributed by atoms with Gasteiger partial charge in [-0.3, -0.25) is 0 Å². The zero-order chi connectivity index (χ0) is 39.9. The Morgan fingerprint density at radius 2 is 0.695 bits per heavy atom. The Labute approximate surface area is 362 Å². The Morgan fingerprint density at radius 3 is 1.02 bits per heavy atom. The van der Waals surface area contributed by atoms with Gasteiger partial charge in [0.1, 0.15) is 0 Å². The van der Waals surface area contributed by atoms with E-state index in [1.165, 1.54) is 0 Å². The molecule has 2 heterocycles. The van der Waals surface area contributed by atoms with Crippen LogP contribution < -0.4 is 20.7 Å². The van der Waals surface area contributed by atoms with Gasteiger partial charge in [-0.1, -0.05) is 97.1 Å². The van der Waals surface area contributed by atoms with Crippen LogP contribution in [-0.2, 0) is 71.3 Å². The van der Waals surface area contributed by atoms with Gasteiger partial charge in [0.2, 0.25) is 11.8 Å². The molecule has 10 rings (SSSR count). The van der Waals surface area contributed by atoms with E-state index in [-0.39, 0.29) is 55.9 Å². The Morgan fingerprint density at radius 1 is 0.407 bits per heavy atom. The number of nitrogens with zero attached hydrogens (tertiary/aromatic N) is 2. The third-order valence-corrected chi connectivity index (χ3v) is 10.4. The summed E-state index contributed by atoms with van der Waals surface area (Å²) in [5.41, 5.74) is 1.26. The van der Waals surface area contributed by atoms with E-state index in [9.17, 15) is 26.4 Å². The summed E-state index contributed by atoms with van der Waals surface area (Å²) in [7, 11) is -5.08. The predicted molar refractivity (Wildman–Crippen MR) is 226 cm³/mol. The van der Waals surface area contributed by atoms with Crippen molar-refractivity contribution in [1.29, 1.82) is 0 Å². The van der Waals surface area contributed by atoms with Crippen molar-refractivity contribution in [2.75, 3.05) is 9.44 Å². The quantitative estimate of drug-likeness (QED) is 0.121. The van der Waals surface area contributed by atoms with Gasteiger partial charge in [0.05, 0.1) is 32.9 Å². The zero-order valence-electron chi connectivity index (χ0n) is 30.4. The van der Waals surface area contributed by atoms with Gasteiger partial charge in [0.25, 0.3) is 0 Å². The Kier molecular flexibility index (Phi) is 11.1. The van der Waals surface area contributed by atoms with E-state index in [2.05, 4.69) is 19.4 Å². The molecule has 0 aliphatic heterocycles. The molecule has 0 saturated heterocycles. The van der Waals surface area contributed by atoms with Crippen LogP contribution in [0.2, 0.25) is 0 Å². The fourth-order valence-electron chi connectivity index (χ4n) is 6.93. The van der Waals surface area contributed by atoms with Crippen molar-refractivity contribution < 1.29 is 58.4 Å². The summed E-state index contributed by atoms with van der Waals surface area (Å²) in [6, 6.07) is 44.3. The second-order valence-corrected chi connectivity index (χ2v) is 14.6. The number of hydrogen-bond acceptors (Lipinski definition) is 12. The number of nitrogens with one attached hydrogen (secondary N) is 2. The molecule has 8 aromatic carbocycles. The molecule has 0 fully saturated rings. The van der Waals surface area contributed by atoms with Crippen LogP contribution >= 0.6 is 0 Å². The predicted octanol–water partition coefficient (Wildman–Crippen LogP) is 9.59. The third-order valence-electron chi connectivity index (χ3n) is 9.61. The maximum atomic E-state index is 12.7. The van der Waals surface area contributed by atoms with E-state index in [1.807, 2.05) is 109 Å². The van der Waals surface area contributed by atoms with Gasteiger partial charge < -0.3 is 35.1 Å². The van der Waals surface area contributed by atoms with Crippen LogP contribution in [0.5, 0.6) is 0 Å². The standard InChI is InChI=1S/2C22H13N2O4S.Y/c2*25-22-18-10-14-6-2-3-7-15(14)11-19(18)23-21(28-22)17-9-13-5-1-4-8-16(13)12-20(17)24-29(26)27;/h2*1-12H,(H,24,26,27);/q2*-1;. The van der Waals surface area contributed by atoms with E-state index in [0.29, 0.717) is 32.9 Å². The zero-order valence-corrected chi connectivity index (χ0v) is 34.9. The van der Waals surface area contributed by atoms with Crippen molar-refractivity contribution in [2.45, 2.75) is 0 Å². The molecule has 2 N–H and O–H groups in total. The molecular weight excluding hydrogens is 866 g/mol. The molecule has 0 aliphatic rings. The van der Waals surface area contributed by atoms with Gasteiger partial charge in [-0.25, -0.2) is 19.6 Å². The normalized spacial score (nSPS) is 11.3. The second kappa shape index (κ2) is 16.5. The van der Waals surface area contributed by atoms with Crippen LogP contribution in [0.25, 0.3) is 87.8 Å². The maximum Gasteiger partial charge on any atom is 0.347 e. The van der Waals surface area contributed by atoms with Crippen LogP contribution in [0, 0.1) is 0 Å². The average molecular weight is 892 g/mol. The van der Waals surface area contributed by atoms with Gasteiger partial charge in [-0.05, 0) is 91.6 Å². The number of rotatable bonds is 6. The Hall–Kier alpha value is -6.32. The Bertz CT molecular complexity index is 3340. The molecule has 1 radical (unpaired) electrons. The minimum absolute atomic E-state index is 0. The maximum absolute atomic E-state index is 12.7. The van der Waals surface area contributed by atoms with Crippen molar-refractivity contribution >= 4 is 98.1 Å². The van der Waals surface area contributed by atoms with Gasteiger partial charge in [0, 0.05) is 65.9 Å².